The van der Waals surface area contributed by atoms with Crippen LogP contribution in [-0.2, 0) is 21.4 Å². The molecule has 0 N–H and O–H groups in total. The number of benzene rings is 2. The minimum atomic E-state index is -0.434. The summed E-state index contributed by atoms with van der Waals surface area (Å²) in [5, 5.41) is 1.60. The van der Waals surface area contributed by atoms with Crippen LogP contribution >= 0.6 is 0 Å². The molecule has 4 nitrogen and oxygen atoms in total. The Morgan fingerprint density at radius 3 is 2.30 bits per heavy atom. The van der Waals surface area contributed by atoms with Gasteiger partial charge in [-0.3, -0.25) is 0 Å². The number of hydrogen-bond donors (Lipinski definition) is 0. The average Bonchev–Trinajstić information content (AvgIpc) is 3.23. The number of rotatable bonds is 5. The summed E-state index contributed by atoms with van der Waals surface area (Å²) in [6.45, 7) is 15.1. The van der Waals surface area contributed by atoms with Crippen molar-refractivity contribution < 1.29 is 19.1 Å². The van der Waals surface area contributed by atoms with Crippen LogP contribution in [0.25, 0.3) is 10.8 Å². The molecule has 1 saturated carbocycles. The summed E-state index contributed by atoms with van der Waals surface area (Å²) in [6, 6.07) is 6.05. The van der Waals surface area contributed by atoms with E-state index in [0.29, 0.717) is 22.6 Å². The first-order chi connectivity index (χ1) is 14.2. The van der Waals surface area contributed by atoms with Gasteiger partial charge in [0.05, 0.1) is 0 Å². The molecule has 30 heavy (non-hydrogen) atoms. The van der Waals surface area contributed by atoms with E-state index in [1.54, 1.807) is 13.8 Å². The van der Waals surface area contributed by atoms with Crippen molar-refractivity contribution in [1.82, 2.24) is 0 Å². The van der Waals surface area contributed by atoms with Crippen molar-refractivity contribution in [3.05, 3.63) is 59.2 Å². The summed E-state index contributed by atoms with van der Waals surface area (Å²) in [6.07, 6.45) is 3.88. The highest BCUT2D eigenvalue weighted by molar-refractivity contribution is 6.02. The maximum Gasteiger partial charge on any atom is 0.338 e. The third-order valence-corrected chi connectivity index (χ3v) is 6.56. The van der Waals surface area contributed by atoms with Gasteiger partial charge >= 0.3 is 11.9 Å². The molecule has 2 unspecified atom stereocenters. The topological polar surface area (TPSA) is 52.6 Å². The molecule has 0 spiro atoms. The lowest BCUT2D eigenvalue weighted by Crippen LogP contribution is -2.21. The number of ether oxygens (including phenoxy) is 2. The van der Waals surface area contributed by atoms with Crippen LogP contribution in [0.2, 0.25) is 0 Å². The normalized spacial score (nSPS) is 21.4. The van der Waals surface area contributed by atoms with E-state index in [4.69, 9.17) is 9.47 Å². The van der Waals surface area contributed by atoms with Gasteiger partial charge in [-0.1, -0.05) is 39.1 Å². The number of carbonyl (C=O) groups is 2. The molecule has 156 valence electrons. The first-order valence-electron chi connectivity index (χ1n) is 10.5. The summed E-state index contributed by atoms with van der Waals surface area (Å²) in [5.74, 6) is 0.619. The van der Waals surface area contributed by atoms with E-state index in [9.17, 15) is 9.59 Å². The Labute approximate surface area is 177 Å². The zero-order valence-electron chi connectivity index (χ0n) is 18.2. The van der Waals surface area contributed by atoms with Gasteiger partial charge in [-0.15, -0.1) is 0 Å². The van der Waals surface area contributed by atoms with Crippen molar-refractivity contribution in [3.63, 3.8) is 0 Å². The quantitative estimate of drug-likeness (QED) is 0.353. The van der Waals surface area contributed by atoms with E-state index < -0.39 is 11.9 Å². The van der Waals surface area contributed by atoms with Crippen molar-refractivity contribution in [3.8, 4) is 11.5 Å². The molecule has 2 aromatic carbocycles. The van der Waals surface area contributed by atoms with Crippen molar-refractivity contribution in [2.45, 2.75) is 64.7 Å². The average molecular weight is 405 g/mol. The third-order valence-electron chi connectivity index (χ3n) is 6.56. The molecule has 0 amide bonds. The van der Waals surface area contributed by atoms with Crippen molar-refractivity contribution in [2.75, 3.05) is 0 Å². The van der Waals surface area contributed by atoms with E-state index in [-0.39, 0.29) is 11.3 Å². The largest absolute Gasteiger partial charge is 0.422 e. The standard InChI is InChI=1S/C26H28O4/c1-7-16-8-9-18-19(12-16)22(29-24(27)14(2)3)20-17-10-11-26(6,13-17)21(20)23(18)30-25(28)15(4)5/h8-9,12,17H,2,4,7,10-11,13H2,1,3,5-6H3. The monoisotopic (exact) mass is 404 g/mol. The molecule has 0 aliphatic heterocycles. The highest BCUT2D eigenvalue weighted by atomic mass is 16.5. The molecule has 4 heteroatoms. The van der Waals surface area contributed by atoms with Gasteiger partial charge in [0.1, 0.15) is 11.5 Å². The number of esters is 2. The van der Waals surface area contributed by atoms with E-state index >= 15 is 0 Å². The predicted octanol–water partition coefficient (Wildman–Crippen LogP) is 5.90. The molecule has 0 radical (unpaired) electrons. The van der Waals surface area contributed by atoms with Gasteiger partial charge in [0.25, 0.3) is 0 Å². The second kappa shape index (κ2) is 7.12. The van der Waals surface area contributed by atoms with E-state index in [2.05, 4.69) is 27.0 Å². The molecule has 0 heterocycles. The number of aryl methyl sites for hydroxylation is 1. The molecule has 4 rings (SSSR count). The van der Waals surface area contributed by atoms with Crippen molar-refractivity contribution in [1.29, 1.82) is 0 Å². The molecule has 2 bridgehead atoms. The van der Waals surface area contributed by atoms with Crippen LogP contribution in [-0.4, -0.2) is 11.9 Å². The minimum absolute atomic E-state index is 0.104. The fourth-order valence-electron chi connectivity index (χ4n) is 4.99. The Balaban J connectivity index is 2.07. The van der Waals surface area contributed by atoms with Gasteiger partial charge in [0.15, 0.2) is 0 Å². The fraction of sp³-hybridized carbons (Fsp3) is 0.385. The second-order valence-corrected chi connectivity index (χ2v) is 9.02. The van der Waals surface area contributed by atoms with Crippen LogP contribution in [0.1, 0.15) is 69.6 Å². The summed E-state index contributed by atoms with van der Waals surface area (Å²) < 4.78 is 11.9. The summed E-state index contributed by atoms with van der Waals surface area (Å²) in [5.41, 5.74) is 3.76. The third kappa shape index (κ3) is 3.06. The van der Waals surface area contributed by atoms with Crippen LogP contribution in [0.3, 0.4) is 0 Å². The SMILES string of the molecule is C=C(C)C(=O)Oc1c2c(c(OC(=O)C(=C)C)c3ccc(CC)cc13)C1(C)CCC2C1. The van der Waals surface area contributed by atoms with Crippen molar-refractivity contribution >= 4 is 22.7 Å². The fourth-order valence-corrected chi connectivity index (χ4v) is 4.99. The molecular weight excluding hydrogens is 376 g/mol. The van der Waals surface area contributed by atoms with E-state index in [1.807, 2.05) is 18.2 Å². The molecule has 1 fully saturated rings. The van der Waals surface area contributed by atoms with Gasteiger partial charge in [-0.25, -0.2) is 9.59 Å². The van der Waals surface area contributed by atoms with Crippen LogP contribution < -0.4 is 9.47 Å². The first kappa shape index (κ1) is 20.4. The minimum Gasteiger partial charge on any atom is -0.422 e. The highest BCUT2D eigenvalue weighted by Gasteiger charge is 2.50. The zero-order chi connectivity index (χ0) is 21.8. The molecule has 0 aromatic heterocycles. The maximum absolute atomic E-state index is 12.5. The van der Waals surface area contributed by atoms with Gasteiger partial charge in [-0.05, 0) is 62.5 Å². The Kier molecular flexibility index (Phi) is 4.84. The Bertz CT molecular complexity index is 1120. The predicted molar refractivity (Wildman–Crippen MR) is 118 cm³/mol. The van der Waals surface area contributed by atoms with E-state index in [0.717, 1.165) is 53.1 Å². The van der Waals surface area contributed by atoms with E-state index in [1.165, 1.54) is 0 Å². The lowest BCUT2D eigenvalue weighted by molar-refractivity contribution is -0.131. The Hall–Kier alpha value is -2.88. The van der Waals surface area contributed by atoms with Gasteiger partial charge in [0.2, 0.25) is 0 Å². The van der Waals surface area contributed by atoms with Gasteiger partial charge < -0.3 is 9.47 Å². The maximum atomic E-state index is 12.5. The zero-order valence-corrected chi connectivity index (χ0v) is 18.2. The number of fused-ring (bicyclic) bond motifs is 6. The molecule has 2 aliphatic carbocycles. The second-order valence-electron chi connectivity index (χ2n) is 9.02. The molecule has 2 atom stereocenters. The van der Waals surface area contributed by atoms with Gasteiger partial charge in [0, 0.05) is 33.0 Å². The van der Waals surface area contributed by atoms with Gasteiger partial charge in [-0.2, -0.15) is 0 Å². The molecule has 0 saturated heterocycles. The highest BCUT2D eigenvalue weighted by Crippen LogP contribution is 2.64. The number of carbonyl (C=O) groups excluding carboxylic acids is 2. The Morgan fingerprint density at radius 2 is 1.70 bits per heavy atom. The number of hydrogen-bond acceptors (Lipinski definition) is 4. The van der Waals surface area contributed by atoms with Crippen LogP contribution in [0.4, 0.5) is 0 Å². The van der Waals surface area contributed by atoms with Crippen LogP contribution in [0.5, 0.6) is 11.5 Å². The van der Waals surface area contributed by atoms with Crippen molar-refractivity contribution in [2.24, 2.45) is 0 Å². The molecular formula is C26H28O4. The summed E-state index contributed by atoms with van der Waals surface area (Å²) in [7, 11) is 0. The Morgan fingerprint density at radius 1 is 1.07 bits per heavy atom. The molecule has 2 aromatic rings. The smallest absolute Gasteiger partial charge is 0.338 e. The first-order valence-corrected chi connectivity index (χ1v) is 10.5. The lowest BCUT2D eigenvalue weighted by Gasteiger charge is -2.29. The summed E-state index contributed by atoms with van der Waals surface area (Å²) in [4.78, 5) is 25.1. The lowest BCUT2D eigenvalue weighted by atomic mass is 9.78. The molecule has 2 aliphatic rings. The van der Waals surface area contributed by atoms with Crippen LogP contribution in [0, 0.1) is 0 Å². The van der Waals surface area contributed by atoms with Crippen LogP contribution in [0.15, 0.2) is 42.5 Å². The summed E-state index contributed by atoms with van der Waals surface area (Å²) >= 11 is 0.